The minimum absolute atomic E-state index is 0.215. The Morgan fingerprint density at radius 2 is 1.32 bits per heavy atom. The van der Waals surface area contributed by atoms with Crippen LogP contribution >= 0.6 is 0 Å². The van der Waals surface area contributed by atoms with Crippen LogP contribution in [0.2, 0.25) is 0 Å². The van der Waals surface area contributed by atoms with Crippen LogP contribution in [0, 0.1) is 11.3 Å². The van der Waals surface area contributed by atoms with E-state index in [1.807, 2.05) is 0 Å². The Kier molecular flexibility index (Phi) is 8.61. The van der Waals surface area contributed by atoms with Gasteiger partial charge in [-0.15, -0.1) is 0 Å². The topological polar surface area (TPSA) is 55.3 Å². The molecule has 0 saturated carbocycles. The van der Waals surface area contributed by atoms with Crippen molar-refractivity contribution in [3.05, 3.63) is 0 Å². The first kappa shape index (κ1) is 21.9. The highest BCUT2D eigenvalue weighted by Gasteiger charge is 2.31. The summed E-state index contributed by atoms with van der Waals surface area (Å²) >= 11 is 0. The van der Waals surface area contributed by atoms with Crippen LogP contribution in [0.1, 0.15) is 81.1 Å². The molecule has 4 N–H and O–H groups in total. The van der Waals surface area contributed by atoms with Crippen LogP contribution in [0.25, 0.3) is 0 Å². The molecule has 0 aliphatic heterocycles. The van der Waals surface area contributed by atoms with Crippen LogP contribution in [0.15, 0.2) is 0 Å². The van der Waals surface area contributed by atoms with Crippen LogP contribution in [-0.2, 0) is 0 Å². The third-order valence-corrected chi connectivity index (χ3v) is 4.98. The summed E-state index contributed by atoms with van der Waals surface area (Å²) < 4.78 is 0. The molecule has 0 radical (unpaired) electrons. The first-order valence-corrected chi connectivity index (χ1v) is 9.04. The summed E-state index contributed by atoms with van der Waals surface area (Å²) in [6, 6.07) is 0. The van der Waals surface area contributed by atoms with Gasteiger partial charge in [-0.25, -0.2) is 0 Å². The summed E-state index contributed by atoms with van der Waals surface area (Å²) in [7, 11) is 0. The number of rotatable bonds is 9. The van der Waals surface area contributed by atoms with Crippen LogP contribution in [0.3, 0.4) is 0 Å². The Hall–Kier alpha value is -0.120. The highest BCUT2D eigenvalue weighted by molar-refractivity contribution is 4.87. The predicted molar refractivity (Wildman–Crippen MR) is 100 cm³/mol. The van der Waals surface area contributed by atoms with Crippen molar-refractivity contribution in [2.75, 3.05) is 19.6 Å². The van der Waals surface area contributed by atoms with E-state index in [9.17, 15) is 0 Å². The zero-order valence-corrected chi connectivity index (χ0v) is 16.6. The molecule has 0 aromatic rings. The Morgan fingerprint density at radius 3 is 1.68 bits per heavy atom. The van der Waals surface area contributed by atoms with E-state index in [2.05, 4.69) is 60.3 Å². The highest BCUT2D eigenvalue weighted by Crippen LogP contribution is 2.34. The molecule has 0 saturated heterocycles. The molecule has 0 aromatic carbocycles. The van der Waals surface area contributed by atoms with Gasteiger partial charge >= 0.3 is 0 Å². The summed E-state index contributed by atoms with van der Waals surface area (Å²) in [5, 5.41) is 0. The molecule has 1 atom stereocenters. The Bertz CT molecular complexity index is 283. The van der Waals surface area contributed by atoms with E-state index >= 15 is 0 Å². The van der Waals surface area contributed by atoms with Gasteiger partial charge in [-0.05, 0) is 91.8 Å². The summed E-state index contributed by atoms with van der Waals surface area (Å²) in [5.74, 6) is 0.541. The molecule has 0 bridgehead atoms. The molecule has 0 aromatic heterocycles. The van der Waals surface area contributed by atoms with Crippen molar-refractivity contribution >= 4 is 0 Å². The van der Waals surface area contributed by atoms with E-state index in [4.69, 9.17) is 11.5 Å². The number of hydrogen-bond donors (Lipinski definition) is 2. The number of unbranched alkanes of at least 4 members (excludes halogenated alkanes) is 1. The third-order valence-electron chi connectivity index (χ3n) is 4.98. The Labute approximate surface area is 140 Å². The van der Waals surface area contributed by atoms with E-state index < -0.39 is 0 Å². The van der Waals surface area contributed by atoms with Gasteiger partial charge in [0.05, 0.1) is 0 Å². The van der Waals surface area contributed by atoms with Gasteiger partial charge in [0, 0.05) is 11.1 Å². The second-order valence-electron chi connectivity index (χ2n) is 9.45. The highest BCUT2D eigenvalue weighted by atomic mass is 15.2. The summed E-state index contributed by atoms with van der Waals surface area (Å²) in [4.78, 5) is 2.62. The van der Waals surface area contributed by atoms with Gasteiger partial charge in [0.15, 0.2) is 0 Å². The largest absolute Gasteiger partial charge is 0.330 e. The van der Waals surface area contributed by atoms with Crippen LogP contribution < -0.4 is 11.5 Å². The number of hydrogen-bond acceptors (Lipinski definition) is 3. The molecule has 0 fully saturated rings. The summed E-state index contributed by atoms with van der Waals surface area (Å²) in [5.41, 5.74) is 12.4. The van der Waals surface area contributed by atoms with Crippen LogP contribution in [-0.4, -0.2) is 35.6 Å². The molecule has 0 amide bonds. The van der Waals surface area contributed by atoms with Crippen molar-refractivity contribution < 1.29 is 0 Å². The standard InChI is InChI=1S/C19H43N3/c1-17(2,3)22(18(4,5)6)14-10-9-12-19(7,8)16(15-21)11-13-20/h16H,9-15,20-21H2,1-8H3. The average molecular weight is 314 g/mol. The van der Waals surface area contributed by atoms with Gasteiger partial charge in [-0.3, -0.25) is 4.90 Å². The first-order chi connectivity index (χ1) is 9.86. The normalized spacial score (nSPS) is 15.4. The van der Waals surface area contributed by atoms with E-state index in [0.29, 0.717) is 11.3 Å². The van der Waals surface area contributed by atoms with Crippen LogP contribution in [0.5, 0.6) is 0 Å². The fourth-order valence-electron chi connectivity index (χ4n) is 3.76. The van der Waals surface area contributed by atoms with E-state index in [1.54, 1.807) is 0 Å². The average Bonchev–Trinajstić information content (AvgIpc) is 2.31. The lowest BCUT2D eigenvalue weighted by molar-refractivity contribution is 0.0353. The van der Waals surface area contributed by atoms with E-state index in [0.717, 1.165) is 26.1 Å². The SMILES string of the molecule is CC(C)(CCCCN(C(C)(C)C)C(C)(C)C)C(CN)CCN. The van der Waals surface area contributed by atoms with Gasteiger partial charge in [0.25, 0.3) is 0 Å². The molecule has 0 aliphatic rings. The molecular weight excluding hydrogens is 270 g/mol. The fraction of sp³-hybridized carbons (Fsp3) is 1.00. The monoisotopic (exact) mass is 313 g/mol. The number of nitrogens with two attached hydrogens (primary N) is 2. The Balaban J connectivity index is 4.45. The second kappa shape index (κ2) is 8.65. The maximum absolute atomic E-state index is 5.95. The summed E-state index contributed by atoms with van der Waals surface area (Å²) in [6.45, 7) is 21.2. The molecule has 3 nitrogen and oxygen atoms in total. The van der Waals surface area contributed by atoms with E-state index in [1.165, 1.54) is 19.3 Å². The van der Waals surface area contributed by atoms with Crippen molar-refractivity contribution in [1.82, 2.24) is 4.90 Å². The lowest BCUT2D eigenvalue weighted by Gasteiger charge is -2.45. The lowest BCUT2D eigenvalue weighted by Crippen LogP contribution is -2.52. The van der Waals surface area contributed by atoms with E-state index in [-0.39, 0.29) is 11.1 Å². The van der Waals surface area contributed by atoms with Crippen molar-refractivity contribution in [2.45, 2.75) is 92.2 Å². The van der Waals surface area contributed by atoms with Crippen molar-refractivity contribution in [3.63, 3.8) is 0 Å². The zero-order valence-electron chi connectivity index (χ0n) is 16.6. The molecule has 0 spiro atoms. The van der Waals surface area contributed by atoms with Gasteiger partial charge < -0.3 is 11.5 Å². The molecule has 0 heterocycles. The molecule has 3 heteroatoms. The fourth-order valence-corrected chi connectivity index (χ4v) is 3.76. The van der Waals surface area contributed by atoms with Crippen LogP contribution in [0.4, 0.5) is 0 Å². The molecule has 134 valence electrons. The minimum atomic E-state index is 0.215. The summed E-state index contributed by atoms with van der Waals surface area (Å²) in [6.07, 6.45) is 4.78. The maximum Gasteiger partial charge on any atom is 0.0130 e. The smallest absolute Gasteiger partial charge is 0.0130 e. The predicted octanol–water partition coefficient (Wildman–Crippen LogP) is 4.01. The second-order valence-corrected chi connectivity index (χ2v) is 9.45. The minimum Gasteiger partial charge on any atom is -0.330 e. The first-order valence-electron chi connectivity index (χ1n) is 9.04. The van der Waals surface area contributed by atoms with Gasteiger partial charge in [-0.1, -0.05) is 20.3 Å². The number of nitrogens with zero attached hydrogens (tertiary/aromatic N) is 1. The molecular formula is C19H43N3. The molecule has 0 aliphatic carbocycles. The van der Waals surface area contributed by atoms with Gasteiger partial charge in [-0.2, -0.15) is 0 Å². The molecule has 0 rings (SSSR count). The van der Waals surface area contributed by atoms with Crippen molar-refractivity contribution in [1.29, 1.82) is 0 Å². The molecule has 1 unspecified atom stereocenters. The maximum atomic E-state index is 5.95. The van der Waals surface area contributed by atoms with Crippen molar-refractivity contribution in [2.24, 2.45) is 22.8 Å². The van der Waals surface area contributed by atoms with Crippen molar-refractivity contribution in [3.8, 4) is 0 Å². The van der Waals surface area contributed by atoms with Gasteiger partial charge in [0.2, 0.25) is 0 Å². The molecule has 22 heavy (non-hydrogen) atoms. The van der Waals surface area contributed by atoms with Gasteiger partial charge in [0.1, 0.15) is 0 Å². The Morgan fingerprint density at radius 1 is 0.818 bits per heavy atom. The quantitative estimate of drug-likeness (QED) is 0.632. The zero-order chi connectivity index (χ0) is 17.6. The lowest BCUT2D eigenvalue weighted by atomic mass is 9.73. The third kappa shape index (κ3) is 7.43.